The predicted octanol–water partition coefficient (Wildman–Crippen LogP) is -3.92. The minimum absolute atomic E-state index is 0.101. The van der Waals surface area contributed by atoms with Gasteiger partial charge in [-0.2, -0.15) is 12.6 Å². The van der Waals surface area contributed by atoms with Crippen molar-refractivity contribution in [2.45, 2.75) is 49.9 Å². The Kier molecular flexibility index (Phi) is 20.6. The maximum absolute atomic E-state index is 12.7. The van der Waals surface area contributed by atoms with Gasteiger partial charge in [-0.15, -0.1) is 0 Å². The molecule has 0 spiro atoms. The van der Waals surface area contributed by atoms with Crippen LogP contribution in [-0.2, 0) is 38.4 Å². The van der Waals surface area contributed by atoms with Crippen LogP contribution in [0.25, 0.3) is 0 Å². The number of carbonyl (C=O) groups is 8. The van der Waals surface area contributed by atoms with Crippen molar-refractivity contribution in [2.75, 3.05) is 36.9 Å². The lowest BCUT2D eigenvalue weighted by molar-refractivity contribution is -0.140. The van der Waals surface area contributed by atoms with E-state index in [4.69, 9.17) is 26.8 Å². The molecule has 0 rings (SSSR count). The molecule has 0 aliphatic carbocycles. The van der Waals surface area contributed by atoms with Gasteiger partial charge in [0.2, 0.25) is 29.5 Å². The molecule has 0 saturated heterocycles. The van der Waals surface area contributed by atoms with Crippen LogP contribution in [0.3, 0.4) is 0 Å². The summed E-state index contributed by atoms with van der Waals surface area (Å²) in [6.45, 7) is -0.864. The normalized spacial score (nSPS) is 13.4. The standard InChI is InChI=1S/C22H37N7O11S3/c23-11(21(37)38)1-3-15(30)28-13(19(35)26-7-17(32)25-5-6-41)9-42-43-10-14(20(36)27-8-18(33)34)29-16(31)4-2-12(24)22(39)40/h11-14,41H,1-10,23-24H2,(H,25,32)(H,26,35)(H,27,36)(H,28,30)(H,29,31)(H,33,34)(H,37,38)(H,39,40). The molecular formula is C22H37N7O11S3. The molecule has 5 amide bonds. The number of carbonyl (C=O) groups excluding carboxylic acids is 5. The second-order valence-corrected chi connectivity index (χ2v) is 11.7. The Hall–Kier alpha value is -3.27. The highest BCUT2D eigenvalue weighted by Gasteiger charge is 2.25. The molecule has 0 aromatic heterocycles. The average molecular weight is 672 g/mol. The maximum atomic E-state index is 12.7. The number of aliphatic carboxylic acids is 3. The Labute approximate surface area is 259 Å². The fraction of sp³-hybridized carbons (Fsp3) is 0.636. The molecule has 0 aliphatic rings. The second kappa shape index (κ2) is 22.3. The number of nitrogens with two attached hydrogens (primary N) is 2. The van der Waals surface area contributed by atoms with Crippen LogP contribution in [0.5, 0.6) is 0 Å². The summed E-state index contributed by atoms with van der Waals surface area (Å²) in [7, 11) is 1.98. The molecule has 12 N–H and O–H groups in total. The summed E-state index contributed by atoms with van der Waals surface area (Å²) in [4.78, 5) is 94.2. The monoisotopic (exact) mass is 671 g/mol. The molecule has 4 atom stereocenters. The zero-order chi connectivity index (χ0) is 32.9. The highest BCUT2D eigenvalue weighted by molar-refractivity contribution is 8.76. The number of hydrogen-bond donors (Lipinski definition) is 11. The molecule has 0 radical (unpaired) electrons. The van der Waals surface area contributed by atoms with E-state index in [0.29, 0.717) is 5.75 Å². The van der Waals surface area contributed by atoms with E-state index in [1.807, 2.05) is 0 Å². The molecule has 43 heavy (non-hydrogen) atoms. The summed E-state index contributed by atoms with van der Waals surface area (Å²) in [6, 6.07) is -5.05. The Morgan fingerprint density at radius 2 is 1.07 bits per heavy atom. The average Bonchev–Trinajstić information content (AvgIpc) is 2.95. The van der Waals surface area contributed by atoms with E-state index in [2.05, 4.69) is 39.2 Å². The van der Waals surface area contributed by atoms with Crippen molar-refractivity contribution >= 4 is 81.7 Å². The molecular weight excluding hydrogens is 634 g/mol. The summed E-state index contributed by atoms with van der Waals surface area (Å²) >= 11 is 3.96. The third-order valence-corrected chi connectivity index (χ3v) is 7.77. The van der Waals surface area contributed by atoms with Crippen LogP contribution < -0.4 is 38.1 Å². The van der Waals surface area contributed by atoms with E-state index in [9.17, 15) is 38.4 Å². The summed E-state index contributed by atoms with van der Waals surface area (Å²) in [5, 5.41) is 38.4. The van der Waals surface area contributed by atoms with Crippen molar-refractivity contribution in [3.63, 3.8) is 0 Å². The maximum Gasteiger partial charge on any atom is 0.322 e. The number of rotatable bonds is 23. The Morgan fingerprint density at radius 1 is 0.651 bits per heavy atom. The van der Waals surface area contributed by atoms with Gasteiger partial charge in [-0.1, -0.05) is 21.6 Å². The molecule has 18 nitrogen and oxygen atoms in total. The number of carboxylic acids is 3. The van der Waals surface area contributed by atoms with E-state index in [1.54, 1.807) is 0 Å². The van der Waals surface area contributed by atoms with Gasteiger partial charge < -0.3 is 53.4 Å². The van der Waals surface area contributed by atoms with Crippen molar-refractivity contribution in [3.05, 3.63) is 0 Å². The molecule has 0 aliphatic heterocycles. The lowest BCUT2D eigenvalue weighted by Crippen LogP contribution is -2.50. The van der Waals surface area contributed by atoms with Gasteiger partial charge >= 0.3 is 17.9 Å². The first-order chi connectivity index (χ1) is 20.2. The Morgan fingerprint density at radius 3 is 1.44 bits per heavy atom. The molecule has 0 heterocycles. The summed E-state index contributed by atoms with van der Waals surface area (Å²) in [5.74, 6) is -7.28. The number of amides is 5. The number of hydrogen-bond acceptors (Lipinski definition) is 13. The van der Waals surface area contributed by atoms with Crippen LogP contribution in [-0.4, -0.2) is 124 Å². The van der Waals surface area contributed by atoms with Gasteiger partial charge in [0.05, 0.1) is 6.54 Å². The van der Waals surface area contributed by atoms with Crippen molar-refractivity contribution in [2.24, 2.45) is 11.5 Å². The largest absolute Gasteiger partial charge is 0.480 e. The molecule has 0 bridgehead atoms. The van der Waals surface area contributed by atoms with Gasteiger partial charge in [-0.25, -0.2) is 0 Å². The van der Waals surface area contributed by atoms with Crippen molar-refractivity contribution in [1.29, 1.82) is 0 Å². The van der Waals surface area contributed by atoms with Crippen LogP contribution in [0.15, 0.2) is 0 Å². The van der Waals surface area contributed by atoms with Crippen LogP contribution in [0, 0.1) is 0 Å². The zero-order valence-electron chi connectivity index (χ0n) is 22.9. The minimum Gasteiger partial charge on any atom is -0.480 e. The molecule has 4 unspecified atom stereocenters. The van der Waals surface area contributed by atoms with Crippen molar-refractivity contribution in [3.8, 4) is 0 Å². The third kappa shape index (κ3) is 19.5. The van der Waals surface area contributed by atoms with E-state index < -0.39 is 84.7 Å². The summed E-state index contributed by atoms with van der Waals surface area (Å²) in [6.07, 6.45) is -1.04. The van der Waals surface area contributed by atoms with Crippen LogP contribution >= 0.6 is 34.2 Å². The van der Waals surface area contributed by atoms with E-state index >= 15 is 0 Å². The fourth-order valence-electron chi connectivity index (χ4n) is 2.79. The first-order valence-electron chi connectivity index (χ1n) is 12.6. The van der Waals surface area contributed by atoms with E-state index in [1.165, 1.54) is 0 Å². The molecule has 0 fully saturated rings. The first-order valence-corrected chi connectivity index (χ1v) is 15.7. The smallest absolute Gasteiger partial charge is 0.322 e. The van der Waals surface area contributed by atoms with Gasteiger partial charge in [-0.05, 0) is 12.8 Å². The van der Waals surface area contributed by atoms with E-state index in [0.717, 1.165) is 21.6 Å². The Bertz CT molecular complexity index is 1010. The Balaban J connectivity index is 5.29. The van der Waals surface area contributed by atoms with Gasteiger partial charge in [0.1, 0.15) is 30.7 Å². The SMILES string of the molecule is NC(CCC(=O)NC(CSSCC(NC(=O)CCC(N)C(=O)O)C(=O)NCC(=O)NCCS)C(=O)NCC(=O)O)C(=O)O. The highest BCUT2D eigenvalue weighted by atomic mass is 33.1. The third-order valence-electron chi connectivity index (χ3n) is 5.13. The summed E-state index contributed by atoms with van der Waals surface area (Å²) < 4.78 is 0. The zero-order valence-corrected chi connectivity index (χ0v) is 25.4. The van der Waals surface area contributed by atoms with Crippen molar-refractivity contribution < 1.29 is 53.7 Å². The molecule has 0 aromatic rings. The van der Waals surface area contributed by atoms with Gasteiger partial charge in [0.25, 0.3) is 0 Å². The number of thiol groups is 1. The van der Waals surface area contributed by atoms with Gasteiger partial charge in [-0.3, -0.25) is 38.4 Å². The molecule has 21 heteroatoms. The van der Waals surface area contributed by atoms with E-state index in [-0.39, 0.29) is 43.7 Å². The number of nitrogens with one attached hydrogen (secondary N) is 5. The van der Waals surface area contributed by atoms with Gasteiger partial charge in [0, 0.05) is 36.6 Å². The van der Waals surface area contributed by atoms with Crippen molar-refractivity contribution in [1.82, 2.24) is 26.6 Å². The first kappa shape index (κ1) is 39.7. The molecule has 244 valence electrons. The van der Waals surface area contributed by atoms with Crippen LogP contribution in [0.2, 0.25) is 0 Å². The van der Waals surface area contributed by atoms with Gasteiger partial charge in [0.15, 0.2) is 0 Å². The van der Waals surface area contributed by atoms with Crippen LogP contribution in [0.4, 0.5) is 0 Å². The molecule has 0 aromatic carbocycles. The minimum atomic E-state index is -1.33. The number of carboxylic acid groups (broad SMARTS) is 3. The quantitative estimate of drug-likeness (QED) is 0.0281. The molecule has 0 saturated carbocycles. The lowest BCUT2D eigenvalue weighted by Gasteiger charge is -2.20. The highest BCUT2D eigenvalue weighted by Crippen LogP contribution is 2.23. The summed E-state index contributed by atoms with van der Waals surface area (Å²) in [5.41, 5.74) is 10.8. The second-order valence-electron chi connectivity index (χ2n) is 8.68. The lowest BCUT2D eigenvalue weighted by atomic mass is 10.1. The predicted molar refractivity (Wildman–Crippen MR) is 159 cm³/mol. The van der Waals surface area contributed by atoms with Crippen LogP contribution in [0.1, 0.15) is 25.7 Å². The topological polar surface area (TPSA) is 309 Å². The fourth-order valence-corrected chi connectivity index (χ4v) is 5.23.